The van der Waals surface area contributed by atoms with Crippen molar-refractivity contribution in [3.8, 4) is 0 Å². The van der Waals surface area contributed by atoms with Gasteiger partial charge in [-0.2, -0.15) is 10.2 Å². The van der Waals surface area contributed by atoms with Crippen molar-refractivity contribution in [2.75, 3.05) is 0 Å². The predicted octanol–water partition coefficient (Wildman–Crippen LogP) is 6.94. The Labute approximate surface area is 197 Å². The third kappa shape index (κ3) is 3.43. The largest absolute Gasteiger partial charge is 0.393 e. The molecule has 0 amide bonds. The normalized spacial score (nSPS) is 39.4. The van der Waals surface area contributed by atoms with Gasteiger partial charge < -0.3 is 5.11 Å². The molecule has 0 aromatic heterocycles. The molecule has 0 heterocycles. The average molecular weight is 441 g/mol. The molecule has 33 heavy (non-hydrogen) atoms. The monoisotopic (exact) mass is 440 g/mol. The van der Waals surface area contributed by atoms with Crippen LogP contribution in [0.1, 0.15) is 70.8 Å². The number of hydrogen-bond donors (Lipinski definition) is 1. The van der Waals surface area contributed by atoms with E-state index in [0.717, 1.165) is 43.1 Å². The lowest BCUT2D eigenvalue weighted by Gasteiger charge is -2.57. The van der Waals surface area contributed by atoms with E-state index in [1.165, 1.54) is 42.2 Å². The lowest BCUT2D eigenvalue weighted by Crippen LogP contribution is -2.50. The van der Waals surface area contributed by atoms with E-state index in [0.29, 0.717) is 11.3 Å². The summed E-state index contributed by atoms with van der Waals surface area (Å²) < 4.78 is 0. The van der Waals surface area contributed by atoms with Gasteiger partial charge >= 0.3 is 0 Å². The van der Waals surface area contributed by atoms with Crippen molar-refractivity contribution in [2.45, 2.75) is 71.3 Å². The zero-order valence-corrected chi connectivity index (χ0v) is 20.0. The lowest BCUT2D eigenvalue weighted by molar-refractivity contribution is -0.0209. The molecule has 0 radical (unpaired) electrons. The maximum Gasteiger partial charge on any atom is 0.0577 e. The van der Waals surface area contributed by atoms with Crippen molar-refractivity contribution >= 4 is 22.7 Å². The van der Waals surface area contributed by atoms with E-state index in [9.17, 15) is 5.11 Å². The standard InChI is InChI=1S/C30H36N2O/c1-29-15-13-24(33)18-23(29)9-10-25-26-11-12-28(30(26,2)16-14-27(25)29)32-31-19-20-7-8-21-5-3-4-6-22(21)17-20/h3-9,17,19,24-27,33H,10-16,18H2,1-2H3/b31-19+,32-28+/t24-,25-,26-,27-,29-,30-/m0/s1. The molecule has 3 saturated carbocycles. The minimum atomic E-state index is -0.125. The van der Waals surface area contributed by atoms with Gasteiger partial charge in [0.25, 0.3) is 0 Å². The van der Waals surface area contributed by atoms with Crippen LogP contribution in [0.5, 0.6) is 0 Å². The highest BCUT2D eigenvalue weighted by atomic mass is 16.3. The molecule has 6 rings (SSSR count). The zero-order valence-electron chi connectivity index (χ0n) is 20.0. The van der Waals surface area contributed by atoms with E-state index in [1.807, 2.05) is 6.21 Å². The van der Waals surface area contributed by atoms with Crippen LogP contribution in [0.25, 0.3) is 10.8 Å². The molecular formula is C30H36N2O. The van der Waals surface area contributed by atoms with Crippen LogP contribution in [0.4, 0.5) is 0 Å². The first-order chi connectivity index (χ1) is 16.0. The minimum absolute atomic E-state index is 0.125. The summed E-state index contributed by atoms with van der Waals surface area (Å²) in [5.74, 6) is 2.24. The van der Waals surface area contributed by atoms with Crippen LogP contribution in [0.2, 0.25) is 0 Å². The van der Waals surface area contributed by atoms with E-state index in [1.54, 1.807) is 5.57 Å². The van der Waals surface area contributed by atoms with Gasteiger partial charge in [0.1, 0.15) is 0 Å². The van der Waals surface area contributed by atoms with Crippen molar-refractivity contribution in [3.63, 3.8) is 0 Å². The van der Waals surface area contributed by atoms with Crippen molar-refractivity contribution in [3.05, 3.63) is 59.7 Å². The first kappa shape index (κ1) is 21.3. The SMILES string of the molecule is C[C@]12CC[C@H](O)CC1=CC[C@@H]1[C@@H]2CC[C@]2(C)/C(=N/N=C/c3ccc4ccccc4c3)CC[C@@H]12. The van der Waals surface area contributed by atoms with Crippen LogP contribution >= 0.6 is 0 Å². The molecule has 3 nitrogen and oxygen atoms in total. The first-order valence-corrected chi connectivity index (χ1v) is 12.9. The van der Waals surface area contributed by atoms with Gasteiger partial charge in [0.15, 0.2) is 0 Å². The third-order valence-corrected chi connectivity index (χ3v) is 9.98. The molecule has 2 aromatic carbocycles. The van der Waals surface area contributed by atoms with E-state index in [4.69, 9.17) is 5.10 Å². The number of nitrogens with zero attached hydrogens (tertiary/aromatic N) is 2. The van der Waals surface area contributed by atoms with Crippen LogP contribution in [0.3, 0.4) is 0 Å². The van der Waals surface area contributed by atoms with E-state index >= 15 is 0 Å². The molecule has 0 bridgehead atoms. The van der Waals surface area contributed by atoms with Crippen molar-refractivity contribution in [1.29, 1.82) is 0 Å². The molecular weight excluding hydrogens is 404 g/mol. The molecule has 4 aliphatic rings. The number of benzene rings is 2. The Balaban J connectivity index is 1.23. The molecule has 1 N–H and O–H groups in total. The number of allylic oxidation sites excluding steroid dienone is 1. The fourth-order valence-corrected chi connectivity index (χ4v) is 8.05. The van der Waals surface area contributed by atoms with Crippen LogP contribution in [0, 0.1) is 28.6 Å². The highest BCUT2D eigenvalue weighted by molar-refractivity contribution is 5.94. The molecule has 0 spiro atoms. The Morgan fingerprint density at radius 2 is 1.73 bits per heavy atom. The Morgan fingerprint density at radius 1 is 0.939 bits per heavy atom. The Bertz CT molecular complexity index is 1160. The minimum Gasteiger partial charge on any atom is -0.393 e. The summed E-state index contributed by atoms with van der Waals surface area (Å²) in [5.41, 5.74) is 4.48. The third-order valence-electron chi connectivity index (χ3n) is 9.98. The van der Waals surface area contributed by atoms with Crippen LogP contribution < -0.4 is 0 Å². The number of rotatable bonds is 2. The van der Waals surface area contributed by atoms with Crippen LogP contribution in [-0.4, -0.2) is 23.1 Å². The number of aliphatic hydroxyl groups is 1. The zero-order chi connectivity index (χ0) is 22.6. The van der Waals surface area contributed by atoms with Gasteiger partial charge in [-0.3, -0.25) is 0 Å². The first-order valence-electron chi connectivity index (χ1n) is 12.9. The summed E-state index contributed by atoms with van der Waals surface area (Å²) in [6.45, 7) is 4.97. The smallest absolute Gasteiger partial charge is 0.0577 e. The highest BCUT2D eigenvalue weighted by Crippen LogP contribution is 2.64. The molecule has 0 aliphatic heterocycles. The van der Waals surface area contributed by atoms with E-state index in [2.05, 4.69) is 67.5 Å². The molecule has 172 valence electrons. The summed E-state index contributed by atoms with van der Waals surface area (Å²) in [5, 5.41) is 22.2. The van der Waals surface area contributed by atoms with Crippen LogP contribution in [-0.2, 0) is 0 Å². The van der Waals surface area contributed by atoms with Gasteiger partial charge in [0.05, 0.1) is 12.3 Å². The summed E-state index contributed by atoms with van der Waals surface area (Å²) >= 11 is 0. The summed E-state index contributed by atoms with van der Waals surface area (Å²) in [6.07, 6.45) is 13.4. The summed E-state index contributed by atoms with van der Waals surface area (Å²) in [4.78, 5) is 0. The topological polar surface area (TPSA) is 45.0 Å². The molecule has 3 heteroatoms. The quantitative estimate of drug-likeness (QED) is 0.307. The van der Waals surface area contributed by atoms with Crippen molar-refractivity contribution in [1.82, 2.24) is 0 Å². The lowest BCUT2D eigenvalue weighted by atomic mass is 9.48. The number of aliphatic hydroxyl groups excluding tert-OH is 1. The Kier molecular flexibility index (Phi) is 5.10. The second-order valence-electron chi connectivity index (χ2n) is 11.5. The van der Waals surface area contributed by atoms with Gasteiger partial charge in [-0.1, -0.05) is 61.9 Å². The molecule has 0 saturated heterocycles. The van der Waals surface area contributed by atoms with Gasteiger partial charge in [0, 0.05) is 11.1 Å². The predicted molar refractivity (Wildman–Crippen MR) is 137 cm³/mol. The van der Waals surface area contributed by atoms with Gasteiger partial charge in [0.2, 0.25) is 0 Å². The molecule has 4 aliphatic carbocycles. The summed E-state index contributed by atoms with van der Waals surface area (Å²) in [6, 6.07) is 14.9. The van der Waals surface area contributed by atoms with Crippen molar-refractivity contribution in [2.24, 2.45) is 38.8 Å². The Hall–Kier alpha value is -2.26. The Morgan fingerprint density at radius 3 is 2.61 bits per heavy atom. The van der Waals surface area contributed by atoms with Crippen LogP contribution in [0.15, 0.2) is 64.3 Å². The highest BCUT2D eigenvalue weighted by Gasteiger charge is 2.57. The molecule has 3 fully saturated rings. The van der Waals surface area contributed by atoms with E-state index in [-0.39, 0.29) is 11.5 Å². The fourth-order valence-electron chi connectivity index (χ4n) is 8.05. The summed E-state index contributed by atoms with van der Waals surface area (Å²) in [7, 11) is 0. The average Bonchev–Trinajstić information content (AvgIpc) is 3.16. The molecule has 2 aromatic rings. The second kappa shape index (κ2) is 7.91. The van der Waals surface area contributed by atoms with Gasteiger partial charge in [-0.05, 0) is 96.9 Å². The van der Waals surface area contributed by atoms with Gasteiger partial charge in [-0.15, -0.1) is 0 Å². The van der Waals surface area contributed by atoms with E-state index < -0.39 is 0 Å². The maximum atomic E-state index is 10.2. The number of fused-ring (bicyclic) bond motifs is 6. The maximum absolute atomic E-state index is 10.2. The van der Waals surface area contributed by atoms with Crippen molar-refractivity contribution < 1.29 is 5.11 Å². The molecule has 0 unspecified atom stereocenters. The second-order valence-corrected chi connectivity index (χ2v) is 11.5. The fraction of sp³-hybridized carbons (Fsp3) is 0.533. The number of hydrogen-bond acceptors (Lipinski definition) is 3. The van der Waals surface area contributed by atoms with Gasteiger partial charge in [-0.25, -0.2) is 0 Å². The molecule has 6 atom stereocenters.